The average Bonchev–Trinajstić information content (AvgIpc) is 3.00. The number of thioether (sulfide) groups is 1. The van der Waals surface area contributed by atoms with Gasteiger partial charge in [0.1, 0.15) is 11.0 Å². The Hall–Kier alpha value is -2.80. The molecule has 6 nitrogen and oxygen atoms in total. The SMILES string of the molecule is CCCOc1ccc(NC(=O)CC2SC(=Nc3ccccc3)NC2=O)cc1. The van der Waals surface area contributed by atoms with Crippen molar-refractivity contribution in [2.75, 3.05) is 11.9 Å². The highest BCUT2D eigenvalue weighted by molar-refractivity contribution is 8.15. The van der Waals surface area contributed by atoms with Crippen LogP contribution in [0.4, 0.5) is 11.4 Å². The number of nitrogens with one attached hydrogen (secondary N) is 2. The Kier molecular flexibility index (Phi) is 6.49. The molecule has 0 saturated carbocycles. The second-order valence-corrected chi connectivity index (χ2v) is 7.16. The van der Waals surface area contributed by atoms with E-state index in [0.717, 1.165) is 17.9 Å². The zero-order chi connectivity index (χ0) is 19.1. The number of amides is 2. The fourth-order valence-electron chi connectivity index (χ4n) is 2.45. The predicted octanol–water partition coefficient (Wildman–Crippen LogP) is 3.72. The molecule has 1 aliphatic heterocycles. The van der Waals surface area contributed by atoms with Crippen LogP contribution >= 0.6 is 11.8 Å². The molecule has 0 aliphatic carbocycles. The lowest BCUT2D eigenvalue weighted by atomic mass is 10.2. The number of rotatable bonds is 7. The zero-order valence-electron chi connectivity index (χ0n) is 15.0. The fourth-order valence-corrected chi connectivity index (χ4v) is 3.43. The van der Waals surface area contributed by atoms with E-state index in [1.165, 1.54) is 11.8 Å². The van der Waals surface area contributed by atoms with Gasteiger partial charge in [-0.15, -0.1) is 0 Å². The van der Waals surface area contributed by atoms with Crippen LogP contribution in [0.2, 0.25) is 0 Å². The summed E-state index contributed by atoms with van der Waals surface area (Å²) in [6.45, 7) is 2.70. The van der Waals surface area contributed by atoms with Gasteiger partial charge in [-0.05, 0) is 42.8 Å². The minimum absolute atomic E-state index is 0.0817. The lowest BCUT2D eigenvalue weighted by Crippen LogP contribution is -2.28. The molecule has 1 atom stereocenters. The Labute approximate surface area is 162 Å². The molecule has 0 spiro atoms. The number of para-hydroxylation sites is 1. The van der Waals surface area contributed by atoms with Crippen molar-refractivity contribution in [3.05, 3.63) is 54.6 Å². The van der Waals surface area contributed by atoms with Gasteiger partial charge in [0.05, 0.1) is 12.3 Å². The first-order chi connectivity index (χ1) is 13.1. The van der Waals surface area contributed by atoms with Gasteiger partial charge in [0, 0.05) is 12.1 Å². The number of hydrogen-bond acceptors (Lipinski definition) is 5. The van der Waals surface area contributed by atoms with Crippen LogP contribution in [0.1, 0.15) is 19.8 Å². The van der Waals surface area contributed by atoms with Gasteiger partial charge in [-0.2, -0.15) is 0 Å². The smallest absolute Gasteiger partial charge is 0.240 e. The van der Waals surface area contributed by atoms with Crippen LogP contribution in [0, 0.1) is 0 Å². The largest absolute Gasteiger partial charge is 0.494 e. The lowest BCUT2D eigenvalue weighted by Gasteiger charge is -2.09. The quantitative estimate of drug-likeness (QED) is 0.764. The first kappa shape index (κ1) is 19.0. The minimum atomic E-state index is -0.486. The summed E-state index contributed by atoms with van der Waals surface area (Å²) >= 11 is 1.27. The Balaban J connectivity index is 1.53. The van der Waals surface area contributed by atoms with Crippen LogP contribution in [0.5, 0.6) is 5.75 Å². The van der Waals surface area contributed by atoms with E-state index in [0.29, 0.717) is 17.5 Å². The third kappa shape index (κ3) is 5.59. The van der Waals surface area contributed by atoms with E-state index < -0.39 is 5.25 Å². The van der Waals surface area contributed by atoms with Crippen molar-refractivity contribution in [1.29, 1.82) is 0 Å². The first-order valence-corrected chi connectivity index (χ1v) is 9.66. The Morgan fingerprint density at radius 2 is 1.93 bits per heavy atom. The average molecular weight is 383 g/mol. The van der Waals surface area contributed by atoms with E-state index in [4.69, 9.17) is 4.74 Å². The number of carbonyl (C=O) groups excluding carboxylic acids is 2. The summed E-state index contributed by atoms with van der Waals surface area (Å²) in [4.78, 5) is 28.7. The van der Waals surface area contributed by atoms with Crippen molar-refractivity contribution in [2.24, 2.45) is 4.99 Å². The molecule has 7 heteroatoms. The van der Waals surface area contributed by atoms with Crippen LogP contribution in [-0.2, 0) is 9.59 Å². The number of benzene rings is 2. The summed E-state index contributed by atoms with van der Waals surface area (Å²) in [5.41, 5.74) is 1.43. The number of nitrogens with zero attached hydrogens (tertiary/aromatic N) is 1. The monoisotopic (exact) mass is 383 g/mol. The molecule has 1 aliphatic rings. The van der Waals surface area contributed by atoms with Gasteiger partial charge in [0.2, 0.25) is 11.8 Å². The van der Waals surface area contributed by atoms with Crippen LogP contribution in [-0.4, -0.2) is 28.8 Å². The topological polar surface area (TPSA) is 79.8 Å². The molecule has 27 heavy (non-hydrogen) atoms. The number of ether oxygens (including phenoxy) is 1. The maximum absolute atomic E-state index is 12.3. The number of aliphatic imine (C=N–C) groups is 1. The maximum atomic E-state index is 12.3. The van der Waals surface area contributed by atoms with Gasteiger partial charge >= 0.3 is 0 Å². The second-order valence-electron chi connectivity index (χ2n) is 5.97. The lowest BCUT2D eigenvalue weighted by molar-refractivity contribution is -0.122. The summed E-state index contributed by atoms with van der Waals surface area (Å²) in [6.07, 6.45) is 1.02. The highest BCUT2D eigenvalue weighted by Gasteiger charge is 2.32. The van der Waals surface area contributed by atoms with Crippen molar-refractivity contribution in [2.45, 2.75) is 25.0 Å². The molecule has 2 amide bonds. The van der Waals surface area contributed by atoms with E-state index in [1.54, 1.807) is 12.1 Å². The molecule has 1 unspecified atom stereocenters. The fraction of sp³-hybridized carbons (Fsp3) is 0.250. The van der Waals surface area contributed by atoms with Gasteiger partial charge in [-0.25, -0.2) is 4.99 Å². The van der Waals surface area contributed by atoms with Crippen LogP contribution < -0.4 is 15.4 Å². The molecule has 2 aromatic carbocycles. The molecule has 0 radical (unpaired) electrons. The second kappa shape index (κ2) is 9.23. The number of anilines is 1. The maximum Gasteiger partial charge on any atom is 0.240 e. The van der Waals surface area contributed by atoms with Crippen molar-refractivity contribution in [3.8, 4) is 5.75 Å². The molecule has 1 heterocycles. The normalized spacial score (nSPS) is 17.6. The number of carbonyl (C=O) groups is 2. The van der Waals surface area contributed by atoms with E-state index in [1.807, 2.05) is 49.4 Å². The Morgan fingerprint density at radius 3 is 2.63 bits per heavy atom. The summed E-state index contributed by atoms with van der Waals surface area (Å²) in [5.74, 6) is 0.348. The highest BCUT2D eigenvalue weighted by atomic mass is 32.2. The van der Waals surface area contributed by atoms with Gasteiger partial charge in [0.15, 0.2) is 5.17 Å². The molecule has 2 N–H and O–H groups in total. The molecule has 140 valence electrons. The van der Waals surface area contributed by atoms with Crippen LogP contribution in [0.3, 0.4) is 0 Å². The van der Waals surface area contributed by atoms with Gasteiger partial charge in [-0.1, -0.05) is 36.9 Å². The number of amidine groups is 1. The standard InChI is InChI=1S/C20H21N3O3S/c1-2-12-26-16-10-8-15(9-11-16)21-18(24)13-17-19(25)23-20(27-17)22-14-6-4-3-5-7-14/h3-11,17H,2,12-13H2,1H3,(H,21,24)(H,22,23,25). The van der Waals surface area contributed by atoms with Crippen LogP contribution in [0.25, 0.3) is 0 Å². The van der Waals surface area contributed by atoms with Crippen molar-refractivity contribution in [1.82, 2.24) is 5.32 Å². The van der Waals surface area contributed by atoms with Gasteiger partial charge in [-0.3, -0.25) is 9.59 Å². The Bertz CT molecular complexity index is 822. The van der Waals surface area contributed by atoms with Crippen molar-refractivity contribution >= 4 is 40.1 Å². The number of hydrogen-bond donors (Lipinski definition) is 2. The minimum Gasteiger partial charge on any atom is -0.494 e. The summed E-state index contributed by atoms with van der Waals surface area (Å²) in [6, 6.07) is 16.6. The molecular formula is C20H21N3O3S. The molecule has 0 bridgehead atoms. The van der Waals surface area contributed by atoms with E-state index >= 15 is 0 Å². The molecule has 0 aromatic heterocycles. The van der Waals surface area contributed by atoms with E-state index in [9.17, 15) is 9.59 Å². The first-order valence-electron chi connectivity index (χ1n) is 8.78. The van der Waals surface area contributed by atoms with Crippen molar-refractivity contribution in [3.63, 3.8) is 0 Å². The Morgan fingerprint density at radius 1 is 1.19 bits per heavy atom. The molecular weight excluding hydrogens is 362 g/mol. The molecule has 1 saturated heterocycles. The molecule has 1 fully saturated rings. The highest BCUT2D eigenvalue weighted by Crippen LogP contribution is 2.25. The third-order valence-corrected chi connectivity index (χ3v) is 4.83. The molecule has 2 aromatic rings. The summed E-state index contributed by atoms with van der Waals surface area (Å²) in [5, 5.41) is 5.56. The predicted molar refractivity (Wildman–Crippen MR) is 109 cm³/mol. The zero-order valence-corrected chi connectivity index (χ0v) is 15.8. The van der Waals surface area contributed by atoms with E-state index in [-0.39, 0.29) is 18.2 Å². The third-order valence-electron chi connectivity index (χ3n) is 3.75. The molecule has 3 rings (SSSR count). The summed E-state index contributed by atoms with van der Waals surface area (Å²) in [7, 11) is 0. The van der Waals surface area contributed by atoms with Crippen LogP contribution in [0.15, 0.2) is 59.6 Å². The van der Waals surface area contributed by atoms with Gasteiger partial charge < -0.3 is 15.4 Å². The van der Waals surface area contributed by atoms with E-state index in [2.05, 4.69) is 15.6 Å². The van der Waals surface area contributed by atoms with Crippen molar-refractivity contribution < 1.29 is 14.3 Å². The van der Waals surface area contributed by atoms with Gasteiger partial charge in [0.25, 0.3) is 0 Å². The summed E-state index contributed by atoms with van der Waals surface area (Å²) < 4.78 is 5.52.